The second kappa shape index (κ2) is 22.9. The molecule has 10 atom stereocenters. The van der Waals surface area contributed by atoms with Gasteiger partial charge in [-0.25, -0.2) is 0 Å². The molecule has 14 nitrogen and oxygen atoms in total. The number of fused-ring (bicyclic) bond motifs is 6. The number of ether oxygens (including phenoxy) is 1. The highest BCUT2D eigenvalue weighted by Crippen LogP contribution is 2.60. The van der Waals surface area contributed by atoms with Crippen LogP contribution in [0.5, 0.6) is 5.75 Å². The lowest BCUT2D eigenvalue weighted by Crippen LogP contribution is -2.60. The molecule has 14 heteroatoms. The Morgan fingerprint density at radius 3 is 2.00 bits per heavy atom. The molecule has 5 aliphatic rings. The molecule has 0 radical (unpaired) electrons. The molecule has 5 aliphatic carbocycles. The number of aryl methyl sites for hydroxylation is 2. The average Bonchev–Trinajstić information content (AvgIpc) is 3.32. The molecule has 2 saturated carbocycles. The van der Waals surface area contributed by atoms with Crippen LogP contribution in [0, 0.1) is 40.4 Å². The summed E-state index contributed by atoms with van der Waals surface area (Å²) in [6.07, 6.45) is 14.3. The second-order valence-corrected chi connectivity index (χ2v) is 23.2. The van der Waals surface area contributed by atoms with Crippen LogP contribution in [0.25, 0.3) is 0 Å². The number of phenols is 1. The van der Waals surface area contributed by atoms with Gasteiger partial charge in [0, 0.05) is 18.7 Å². The van der Waals surface area contributed by atoms with E-state index in [-0.39, 0.29) is 59.4 Å². The maximum atomic E-state index is 14.7. The lowest BCUT2D eigenvalue weighted by Gasteiger charge is -2.56. The van der Waals surface area contributed by atoms with Crippen LogP contribution in [0.2, 0.25) is 0 Å². The van der Waals surface area contributed by atoms with E-state index in [1.54, 1.807) is 13.0 Å². The summed E-state index contributed by atoms with van der Waals surface area (Å²) < 4.78 is 5.70. The van der Waals surface area contributed by atoms with Crippen LogP contribution >= 0.6 is 0 Å². The molecule has 0 heterocycles. The maximum Gasteiger partial charge on any atom is 0.246 e. The molecular formula is C58H82N6O8. The van der Waals surface area contributed by atoms with E-state index >= 15 is 0 Å². The van der Waals surface area contributed by atoms with Crippen molar-refractivity contribution in [3.63, 3.8) is 0 Å². The first kappa shape index (κ1) is 54.5. The molecule has 0 saturated heterocycles. The van der Waals surface area contributed by atoms with E-state index < -0.39 is 52.1 Å². The summed E-state index contributed by atoms with van der Waals surface area (Å²) in [6, 6.07) is 8.84. The van der Waals surface area contributed by atoms with Gasteiger partial charge in [0.25, 0.3) is 0 Å². The van der Waals surface area contributed by atoms with Gasteiger partial charge >= 0.3 is 0 Å². The first-order valence-electron chi connectivity index (χ1n) is 27.0. The largest absolute Gasteiger partial charge is 0.508 e. The summed E-state index contributed by atoms with van der Waals surface area (Å²) in [5, 5.41) is 24.9. The lowest BCUT2D eigenvalue weighted by molar-refractivity contribution is -0.150. The summed E-state index contributed by atoms with van der Waals surface area (Å²) in [5.74, 6) is 4.11. The van der Waals surface area contributed by atoms with Gasteiger partial charge in [0.2, 0.25) is 35.4 Å². The first-order valence-corrected chi connectivity index (χ1v) is 27.0. The smallest absolute Gasteiger partial charge is 0.246 e. The van der Waals surface area contributed by atoms with Crippen molar-refractivity contribution >= 4 is 41.1 Å². The molecule has 1 unspecified atom stereocenters. The van der Waals surface area contributed by atoms with Crippen LogP contribution in [0.4, 0.5) is 5.69 Å². The predicted molar refractivity (Wildman–Crippen MR) is 278 cm³/mol. The molecule has 2 fully saturated rings. The van der Waals surface area contributed by atoms with Gasteiger partial charge < -0.3 is 36.8 Å². The zero-order valence-corrected chi connectivity index (χ0v) is 44.0. The van der Waals surface area contributed by atoms with Crippen molar-refractivity contribution in [3.05, 3.63) is 58.7 Å². The van der Waals surface area contributed by atoms with Gasteiger partial charge in [0.15, 0.2) is 0 Å². The SMILES string of the molecule is CC(C)[C@H](NC(=O)[C@H](N)CCCCNC(=O)COC1C#CCCCCC1)C(=O)N[C@@H](C)C(=O)Nc1ccc2c(c1)[C@@]1(C)CCC[C@](C)(C(=O)NC(=O)[C@@]3(C)CCC[C@]4(C)c5cc(O)ccc5CC[C@@H]34)[C@@H]1CC2. The number of rotatable bonds is 17. The minimum absolute atomic E-state index is 0.0244. The molecule has 8 N–H and O–H groups in total. The number of aromatic hydroxyl groups is 1. The van der Waals surface area contributed by atoms with Gasteiger partial charge in [0.1, 0.15) is 30.5 Å². The summed E-state index contributed by atoms with van der Waals surface area (Å²) >= 11 is 0. The van der Waals surface area contributed by atoms with Gasteiger partial charge in [-0.15, -0.1) is 5.92 Å². The Labute approximate surface area is 427 Å². The zero-order valence-electron chi connectivity index (χ0n) is 44.0. The Kier molecular flexibility index (Phi) is 17.3. The molecule has 392 valence electrons. The van der Waals surface area contributed by atoms with Gasteiger partial charge in [-0.05, 0) is 172 Å². The molecular weight excluding hydrogens is 909 g/mol. The highest BCUT2D eigenvalue weighted by Gasteiger charge is 2.58. The standard InChI is InChI=1S/C58H82N6O8/c1-36(2)49(63-51(68)45(59)19-13-14-32-60-48(66)35-72-42-17-11-9-8-10-12-18-42)52(69)61-37(3)50(67)62-40-24-20-38-22-26-46-55(4,43(38)33-40)28-15-30-57(46,6)53(70)64-54(71)58(7)31-16-29-56(5)44-34-41(65)25-21-39(44)23-27-47(56)58/h20-21,24-25,33-34,36-37,42,45-47,49,65H,8-11,13-17,19,22-23,26-32,35,59H2,1-7H3,(H,60,66)(H,61,69)(H,62,67)(H,63,68)(H,64,70,71)/t37-,42?,45+,46+,47+,49-,55+,56+,57-,58-/m0/s1. The summed E-state index contributed by atoms with van der Waals surface area (Å²) in [6.45, 7) is 14.1. The van der Waals surface area contributed by atoms with Gasteiger partial charge in [-0.3, -0.25) is 34.1 Å². The highest BCUT2D eigenvalue weighted by molar-refractivity contribution is 6.01. The number of imide groups is 1. The monoisotopic (exact) mass is 991 g/mol. The van der Waals surface area contributed by atoms with Crippen molar-refractivity contribution in [1.29, 1.82) is 0 Å². The van der Waals surface area contributed by atoms with Crippen molar-refractivity contribution in [3.8, 4) is 17.6 Å². The van der Waals surface area contributed by atoms with E-state index in [1.165, 1.54) is 11.1 Å². The van der Waals surface area contributed by atoms with E-state index in [2.05, 4.69) is 52.3 Å². The molecule has 0 aliphatic heterocycles. The molecule has 72 heavy (non-hydrogen) atoms. The van der Waals surface area contributed by atoms with E-state index in [0.29, 0.717) is 44.3 Å². The zero-order chi connectivity index (χ0) is 52.0. The number of hydrogen-bond donors (Lipinski definition) is 7. The minimum atomic E-state index is -0.937. The molecule has 2 aromatic carbocycles. The summed E-state index contributed by atoms with van der Waals surface area (Å²) in [4.78, 5) is 82.1. The fourth-order valence-corrected chi connectivity index (χ4v) is 13.5. The normalized spacial score (nSPS) is 28.8. The number of hydrogen-bond acceptors (Lipinski definition) is 9. The highest BCUT2D eigenvalue weighted by atomic mass is 16.5. The third-order valence-electron chi connectivity index (χ3n) is 17.8. The average molecular weight is 991 g/mol. The van der Waals surface area contributed by atoms with E-state index in [1.807, 2.05) is 58.0 Å². The quantitative estimate of drug-likeness (QED) is 0.0480. The number of anilines is 1. The van der Waals surface area contributed by atoms with Gasteiger partial charge in [-0.2, -0.15) is 0 Å². The van der Waals surface area contributed by atoms with Crippen LogP contribution < -0.4 is 32.3 Å². The minimum Gasteiger partial charge on any atom is -0.508 e. The number of phenolic OH excluding ortho intramolecular Hbond substituents is 1. The topological polar surface area (TPSA) is 218 Å². The number of carbonyl (C=O) groups excluding carboxylic acids is 6. The van der Waals surface area contributed by atoms with E-state index in [9.17, 15) is 33.9 Å². The van der Waals surface area contributed by atoms with Crippen molar-refractivity contribution in [2.24, 2.45) is 34.3 Å². The lowest BCUT2D eigenvalue weighted by atomic mass is 9.49. The Balaban J connectivity index is 0.907. The van der Waals surface area contributed by atoms with Crippen LogP contribution in [0.15, 0.2) is 36.4 Å². The number of benzene rings is 2. The Hall–Kier alpha value is -5.26. The van der Waals surface area contributed by atoms with Crippen LogP contribution in [0.3, 0.4) is 0 Å². The molecule has 0 spiro atoms. The number of amides is 6. The first-order chi connectivity index (χ1) is 34.2. The fraction of sp³-hybridized carbons (Fsp3) is 0.655. The number of unbranched alkanes of at least 4 members (excludes halogenated alkanes) is 1. The fourth-order valence-electron chi connectivity index (χ4n) is 13.5. The summed E-state index contributed by atoms with van der Waals surface area (Å²) in [5.41, 5.74) is 9.20. The molecule has 0 aromatic heterocycles. The molecule has 7 rings (SSSR count). The van der Waals surface area contributed by atoms with Crippen LogP contribution in [0.1, 0.15) is 173 Å². The van der Waals surface area contributed by atoms with Crippen molar-refractivity contribution < 1.29 is 38.6 Å². The third-order valence-corrected chi connectivity index (χ3v) is 17.8. The Morgan fingerprint density at radius 2 is 1.36 bits per heavy atom. The van der Waals surface area contributed by atoms with Crippen LogP contribution in [-0.2, 0) is 57.2 Å². The van der Waals surface area contributed by atoms with E-state index in [4.69, 9.17) is 10.5 Å². The Bertz CT molecular complexity index is 2430. The van der Waals surface area contributed by atoms with E-state index in [0.717, 1.165) is 94.6 Å². The molecule has 6 amide bonds. The van der Waals surface area contributed by atoms with Crippen molar-refractivity contribution in [1.82, 2.24) is 21.3 Å². The van der Waals surface area contributed by atoms with Crippen molar-refractivity contribution in [2.45, 2.75) is 199 Å². The van der Waals surface area contributed by atoms with Gasteiger partial charge in [0.05, 0.1) is 16.9 Å². The predicted octanol–water partition coefficient (Wildman–Crippen LogP) is 7.31. The summed E-state index contributed by atoms with van der Waals surface area (Å²) in [7, 11) is 0. The molecule has 0 bridgehead atoms. The number of carbonyl (C=O) groups is 6. The third kappa shape index (κ3) is 11.7. The Morgan fingerprint density at radius 1 is 0.736 bits per heavy atom. The van der Waals surface area contributed by atoms with Crippen LogP contribution in [-0.4, -0.2) is 77.9 Å². The number of nitrogens with one attached hydrogen (secondary N) is 5. The molecule has 2 aromatic rings. The maximum absolute atomic E-state index is 14.7. The number of nitrogens with two attached hydrogens (primary N) is 1. The van der Waals surface area contributed by atoms with Crippen molar-refractivity contribution in [2.75, 3.05) is 18.5 Å². The second-order valence-electron chi connectivity index (χ2n) is 23.2. The van der Waals surface area contributed by atoms with Gasteiger partial charge in [-0.1, -0.05) is 78.9 Å².